The predicted molar refractivity (Wildman–Crippen MR) is 91.8 cm³/mol. The molecule has 8 nitrogen and oxygen atoms in total. The van der Waals surface area contributed by atoms with Gasteiger partial charge in [-0.3, -0.25) is 0 Å². The molecule has 142 valence electrons. The van der Waals surface area contributed by atoms with Crippen molar-refractivity contribution in [3.05, 3.63) is 29.3 Å². The molecule has 26 heavy (non-hydrogen) atoms. The third kappa shape index (κ3) is 4.87. The standard InChI is InChI=1S/C18H23NO7/c1-18(2,3)26-17(24)19-8-4-5-11(19)10-25-12-6-7-13(15(20)21)14(9-12)16(22)23/h6-7,9,11H,4-5,8,10H2,1-3H3,(H,20,21)(H,22,23)/t11-/m0/s1. The molecule has 1 aliphatic rings. The summed E-state index contributed by atoms with van der Waals surface area (Å²) in [5.41, 5.74) is -1.24. The van der Waals surface area contributed by atoms with Crippen molar-refractivity contribution in [3.63, 3.8) is 0 Å². The number of aromatic carboxylic acids is 2. The second-order valence-electron chi connectivity index (χ2n) is 7.10. The first-order valence-corrected chi connectivity index (χ1v) is 8.31. The number of carbonyl (C=O) groups is 3. The van der Waals surface area contributed by atoms with Crippen LogP contribution in [0.1, 0.15) is 54.3 Å². The Morgan fingerprint density at radius 1 is 1.15 bits per heavy atom. The number of hydrogen-bond acceptors (Lipinski definition) is 5. The number of carboxylic acids is 2. The molecule has 2 N–H and O–H groups in total. The summed E-state index contributed by atoms with van der Waals surface area (Å²) in [5.74, 6) is -2.42. The zero-order valence-electron chi connectivity index (χ0n) is 15.0. The lowest BCUT2D eigenvalue weighted by Gasteiger charge is -2.28. The van der Waals surface area contributed by atoms with E-state index in [1.54, 1.807) is 25.7 Å². The van der Waals surface area contributed by atoms with Crippen molar-refractivity contribution in [1.29, 1.82) is 0 Å². The fourth-order valence-corrected chi connectivity index (χ4v) is 2.74. The van der Waals surface area contributed by atoms with Crippen LogP contribution in [-0.4, -0.2) is 57.9 Å². The lowest BCUT2D eigenvalue weighted by Crippen LogP contribution is -2.42. The highest BCUT2D eigenvalue weighted by atomic mass is 16.6. The van der Waals surface area contributed by atoms with Gasteiger partial charge in [-0.1, -0.05) is 0 Å². The summed E-state index contributed by atoms with van der Waals surface area (Å²) in [6.07, 6.45) is 1.17. The first-order valence-electron chi connectivity index (χ1n) is 8.31. The Labute approximate surface area is 151 Å². The van der Waals surface area contributed by atoms with Gasteiger partial charge in [0.1, 0.15) is 18.0 Å². The minimum atomic E-state index is -1.34. The SMILES string of the molecule is CC(C)(C)OC(=O)N1CCC[C@H]1COc1ccc(C(=O)O)c(C(=O)O)c1. The van der Waals surface area contributed by atoms with Crippen LogP contribution in [0.2, 0.25) is 0 Å². The molecule has 0 radical (unpaired) electrons. The number of hydrogen-bond donors (Lipinski definition) is 2. The molecular formula is C18H23NO7. The van der Waals surface area contributed by atoms with Crippen LogP contribution in [0.15, 0.2) is 18.2 Å². The van der Waals surface area contributed by atoms with E-state index < -0.39 is 23.6 Å². The average Bonchev–Trinajstić information content (AvgIpc) is 2.99. The molecule has 2 rings (SSSR count). The first kappa shape index (κ1) is 19.6. The minimum Gasteiger partial charge on any atom is -0.491 e. The minimum absolute atomic E-state index is 0.171. The summed E-state index contributed by atoms with van der Waals surface area (Å²) in [4.78, 5) is 36.2. The summed E-state index contributed by atoms with van der Waals surface area (Å²) in [6.45, 7) is 6.13. The zero-order chi connectivity index (χ0) is 19.5. The van der Waals surface area contributed by atoms with E-state index in [-0.39, 0.29) is 29.5 Å². The monoisotopic (exact) mass is 365 g/mol. The van der Waals surface area contributed by atoms with Crippen LogP contribution < -0.4 is 4.74 Å². The second-order valence-corrected chi connectivity index (χ2v) is 7.10. The summed E-state index contributed by atoms with van der Waals surface area (Å²) >= 11 is 0. The maximum absolute atomic E-state index is 12.3. The number of carbonyl (C=O) groups excluding carboxylic acids is 1. The van der Waals surface area contributed by atoms with E-state index in [1.807, 2.05) is 0 Å². The van der Waals surface area contributed by atoms with Crippen LogP contribution in [0.25, 0.3) is 0 Å². The van der Waals surface area contributed by atoms with Gasteiger partial charge in [0.2, 0.25) is 0 Å². The van der Waals surface area contributed by atoms with Crippen molar-refractivity contribution in [1.82, 2.24) is 4.90 Å². The van der Waals surface area contributed by atoms with Gasteiger partial charge < -0.3 is 24.6 Å². The molecule has 1 amide bonds. The highest BCUT2D eigenvalue weighted by molar-refractivity contribution is 6.02. The Morgan fingerprint density at radius 3 is 2.38 bits per heavy atom. The van der Waals surface area contributed by atoms with Crippen LogP contribution in [0, 0.1) is 0 Å². The maximum Gasteiger partial charge on any atom is 0.410 e. The van der Waals surface area contributed by atoms with Crippen LogP contribution in [0.3, 0.4) is 0 Å². The van der Waals surface area contributed by atoms with Gasteiger partial charge >= 0.3 is 18.0 Å². The third-order valence-electron chi connectivity index (χ3n) is 3.90. The normalized spacial score (nSPS) is 17.0. The zero-order valence-corrected chi connectivity index (χ0v) is 15.0. The van der Waals surface area contributed by atoms with Gasteiger partial charge in [0.05, 0.1) is 17.2 Å². The fourth-order valence-electron chi connectivity index (χ4n) is 2.74. The van der Waals surface area contributed by atoms with Gasteiger partial charge in [-0.2, -0.15) is 0 Å². The second kappa shape index (κ2) is 7.63. The van der Waals surface area contributed by atoms with Crippen molar-refractivity contribution in [3.8, 4) is 5.75 Å². The lowest BCUT2D eigenvalue weighted by molar-refractivity contribution is 0.0187. The van der Waals surface area contributed by atoms with Gasteiger partial charge in [0.25, 0.3) is 0 Å². The van der Waals surface area contributed by atoms with E-state index in [1.165, 1.54) is 18.2 Å². The Kier molecular flexibility index (Phi) is 5.74. The highest BCUT2D eigenvalue weighted by Gasteiger charge is 2.32. The van der Waals surface area contributed by atoms with E-state index in [9.17, 15) is 14.4 Å². The Balaban J connectivity index is 2.06. The van der Waals surface area contributed by atoms with Crippen molar-refractivity contribution in [2.75, 3.05) is 13.2 Å². The number of carboxylic acid groups (broad SMARTS) is 2. The molecule has 1 aromatic rings. The Bertz CT molecular complexity index is 708. The van der Waals surface area contributed by atoms with Crippen LogP contribution >= 0.6 is 0 Å². The first-order chi connectivity index (χ1) is 12.1. The average molecular weight is 365 g/mol. The van der Waals surface area contributed by atoms with Crippen molar-refractivity contribution in [2.45, 2.75) is 45.3 Å². The van der Waals surface area contributed by atoms with Gasteiger partial charge in [-0.15, -0.1) is 0 Å². The summed E-state index contributed by atoms with van der Waals surface area (Å²) in [6, 6.07) is 3.60. The number of ether oxygens (including phenoxy) is 2. The number of rotatable bonds is 5. The van der Waals surface area contributed by atoms with Gasteiger partial charge in [-0.05, 0) is 51.8 Å². The van der Waals surface area contributed by atoms with E-state index >= 15 is 0 Å². The number of likely N-dealkylation sites (tertiary alicyclic amines) is 1. The molecule has 1 heterocycles. The number of benzene rings is 1. The number of nitrogens with zero attached hydrogens (tertiary/aromatic N) is 1. The van der Waals surface area contributed by atoms with Gasteiger partial charge in [0.15, 0.2) is 0 Å². The van der Waals surface area contributed by atoms with E-state index in [2.05, 4.69) is 0 Å². The molecule has 1 saturated heterocycles. The Morgan fingerprint density at radius 2 is 1.81 bits per heavy atom. The number of amides is 1. The van der Waals surface area contributed by atoms with Crippen molar-refractivity contribution in [2.24, 2.45) is 0 Å². The van der Waals surface area contributed by atoms with Gasteiger partial charge in [0, 0.05) is 6.54 Å². The maximum atomic E-state index is 12.3. The molecule has 0 bridgehead atoms. The van der Waals surface area contributed by atoms with Crippen LogP contribution in [-0.2, 0) is 4.74 Å². The van der Waals surface area contributed by atoms with Crippen LogP contribution in [0.4, 0.5) is 4.79 Å². The molecule has 0 spiro atoms. The largest absolute Gasteiger partial charge is 0.491 e. The molecule has 1 aliphatic heterocycles. The summed E-state index contributed by atoms with van der Waals surface area (Å²) in [7, 11) is 0. The van der Waals surface area contributed by atoms with E-state index in [4.69, 9.17) is 19.7 Å². The molecule has 0 aromatic heterocycles. The summed E-state index contributed by atoms with van der Waals surface area (Å²) in [5, 5.41) is 18.2. The molecule has 1 atom stereocenters. The molecule has 1 aromatic carbocycles. The molecule has 0 saturated carbocycles. The predicted octanol–water partition coefficient (Wildman–Crippen LogP) is 2.86. The van der Waals surface area contributed by atoms with E-state index in [0.717, 1.165) is 12.8 Å². The lowest BCUT2D eigenvalue weighted by atomic mass is 10.1. The molecular weight excluding hydrogens is 342 g/mol. The molecule has 1 fully saturated rings. The smallest absolute Gasteiger partial charge is 0.410 e. The molecule has 0 unspecified atom stereocenters. The Hall–Kier alpha value is -2.77. The van der Waals surface area contributed by atoms with Crippen molar-refractivity contribution >= 4 is 18.0 Å². The molecule has 0 aliphatic carbocycles. The fraction of sp³-hybridized carbons (Fsp3) is 0.500. The third-order valence-corrected chi connectivity index (χ3v) is 3.90. The quantitative estimate of drug-likeness (QED) is 0.825. The summed E-state index contributed by atoms with van der Waals surface area (Å²) < 4.78 is 11.0. The van der Waals surface area contributed by atoms with Crippen molar-refractivity contribution < 1.29 is 34.1 Å². The topological polar surface area (TPSA) is 113 Å². The highest BCUT2D eigenvalue weighted by Crippen LogP contribution is 2.23. The molecule has 8 heteroatoms. The van der Waals surface area contributed by atoms with E-state index in [0.29, 0.717) is 6.54 Å². The van der Waals surface area contributed by atoms with Crippen LogP contribution in [0.5, 0.6) is 5.75 Å². The van der Waals surface area contributed by atoms with Gasteiger partial charge in [-0.25, -0.2) is 14.4 Å².